The van der Waals surface area contributed by atoms with Crippen LogP contribution in [0.4, 0.5) is 11.4 Å². The van der Waals surface area contributed by atoms with E-state index in [1.54, 1.807) is 18.2 Å². The minimum absolute atomic E-state index is 0.0744. The molecule has 1 fully saturated rings. The Bertz CT molecular complexity index is 781. The number of amides is 1. The monoisotopic (exact) mass is 391 g/mol. The number of anilines is 2. The van der Waals surface area contributed by atoms with Crippen LogP contribution < -0.4 is 10.2 Å². The molecule has 0 unspecified atom stereocenters. The number of nitrogens with one attached hydrogen (secondary N) is 1. The molecule has 0 spiro atoms. The van der Waals surface area contributed by atoms with Gasteiger partial charge >= 0.3 is 0 Å². The van der Waals surface area contributed by atoms with Gasteiger partial charge in [-0.05, 0) is 43.2 Å². The average Bonchev–Trinajstić information content (AvgIpc) is 2.59. The van der Waals surface area contributed by atoms with Gasteiger partial charge in [0.1, 0.15) is 0 Å². The molecule has 26 heavy (non-hydrogen) atoms. The van der Waals surface area contributed by atoms with Crippen molar-refractivity contribution in [2.45, 2.75) is 13.8 Å². The van der Waals surface area contributed by atoms with Gasteiger partial charge < -0.3 is 10.2 Å². The van der Waals surface area contributed by atoms with Gasteiger partial charge in [-0.15, -0.1) is 0 Å². The summed E-state index contributed by atoms with van der Waals surface area (Å²) >= 11 is 12.1. The van der Waals surface area contributed by atoms with Crippen LogP contribution in [0.5, 0.6) is 0 Å². The van der Waals surface area contributed by atoms with Crippen LogP contribution in [-0.4, -0.2) is 43.5 Å². The van der Waals surface area contributed by atoms with E-state index in [0.29, 0.717) is 22.3 Å². The van der Waals surface area contributed by atoms with E-state index >= 15 is 0 Å². The number of benzene rings is 2. The number of aryl methyl sites for hydroxylation is 2. The standard InChI is InChI=1S/C20H23Cl2N3O/c1-14-4-3-5-15(2)20(14)25-10-8-24(9-11-25)13-19(26)23-18-12-16(21)6-7-17(18)22/h3-7,12H,8-11,13H2,1-2H3,(H,23,26). The van der Waals surface area contributed by atoms with Crippen molar-refractivity contribution >= 4 is 40.5 Å². The number of carbonyl (C=O) groups excluding carboxylic acids is 1. The summed E-state index contributed by atoms with van der Waals surface area (Å²) in [4.78, 5) is 16.9. The summed E-state index contributed by atoms with van der Waals surface area (Å²) in [5.74, 6) is -0.0744. The summed E-state index contributed by atoms with van der Waals surface area (Å²) in [6.45, 7) is 8.18. The minimum atomic E-state index is -0.0744. The van der Waals surface area contributed by atoms with Crippen LogP contribution in [0.15, 0.2) is 36.4 Å². The van der Waals surface area contributed by atoms with E-state index in [2.05, 4.69) is 47.2 Å². The SMILES string of the molecule is Cc1cccc(C)c1N1CCN(CC(=O)Nc2cc(Cl)ccc2Cl)CC1. The molecule has 0 bridgehead atoms. The highest BCUT2D eigenvalue weighted by molar-refractivity contribution is 6.35. The van der Waals surface area contributed by atoms with Crippen molar-refractivity contribution in [2.75, 3.05) is 42.9 Å². The number of piperazine rings is 1. The van der Waals surface area contributed by atoms with E-state index in [9.17, 15) is 4.79 Å². The topological polar surface area (TPSA) is 35.6 Å². The van der Waals surface area contributed by atoms with Crippen molar-refractivity contribution in [3.8, 4) is 0 Å². The zero-order valence-corrected chi connectivity index (χ0v) is 16.6. The molecule has 0 radical (unpaired) electrons. The average molecular weight is 392 g/mol. The molecule has 138 valence electrons. The third-order valence-electron chi connectivity index (χ3n) is 4.70. The summed E-state index contributed by atoms with van der Waals surface area (Å²) in [7, 11) is 0. The fourth-order valence-corrected chi connectivity index (χ4v) is 3.76. The Morgan fingerprint density at radius 1 is 1.04 bits per heavy atom. The molecule has 3 rings (SSSR count). The maximum atomic E-state index is 12.3. The van der Waals surface area contributed by atoms with Crippen LogP contribution in [0, 0.1) is 13.8 Å². The predicted octanol–water partition coefficient (Wildman–Crippen LogP) is 4.37. The molecular weight excluding hydrogens is 369 g/mol. The van der Waals surface area contributed by atoms with Crippen molar-refractivity contribution < 1.29 is 4.79 Å². The number of hydrogen-bond donors (Lipinski definition) is 1. The van der Waals surface area contributed by atoms with Crippen molar-refractivity contribution in [2.24, 2.45) is 0 Å². The molecule has 0 aromatic heterocycles. The van der Waals surface area contributed by atoms with Gasteiger partial charge in [0.05, 0.1) is 17.3 Å². The molecule has 2 aromatic rings. The zero-order valence-electron chi connectivity index (χ0n) is 15.1. The molecule has 2 aromatic carbocycles. The Labute approximate surface area is 164 Å². The third-order valence-corrected chi connectivity index (χ3v) is 5.26. The lowest BCUT2D eigenvalue weighted by Gasteiger charge is -2.37. The van der Waals surface area contributed by atoms with E-state index < -0.39 is 0 Å². The van der Waals surface area contributed by atoms with E-state index in [0.717, 1.165) is 26.2 Å². The number of nitrogens with zero attached hydrogens (tertiary/aromatic N) is 2. The second-order valence-corrected chi connectivity index (χ2v) is 7.52. The Hall–Kier alpha value is -1.75. The van der Waals surface area contributed by atoms with Gasteiger partial charge in [0.25, 0.3) is 0 Å². The second kappa shape index (κ2) is 8.30. The summed E-state index contributed by atoms with van der Waals surface area (Å²) < 4.78 is 0. The number of hydrogen-bond acceptors (Lipinski definition) is 3. The minimum Gasteiger partial charge on any atom is -0.369 e. The van der Waals surface area contributed by atoms with Crippen molar-refractivity contribution in [1.82, 2.24) is 4.90 Å². The van der Waals surface area contributed by atoms with Gasteiger partial charge in [-0.2, -0.15) is 0 Å². The summed E-state index contributed by atoms with van der Waals surface area (Å²) in [6, 6.07) is 11.4. The normalized spacial score (nSPS) is 15.2. The van der Waals surface area contributed by atoms with Gasteiger partial charge in [0.2, 0.25) is 5.91 Å². The van der Waals surface area contributed by atoms with Gasteiger partial charge in [0.15, 0.2) is 0 Å². The maximum absolute atomic E-state index is 12.3. The molecule has 0 atom stereocenters. The Balaban J connectivity index is 1.55. The first kappa shape index (κ1) is 19.0. The first-order valence-corrected chi connectivity index (χ1v) is 9.48. The van der Waals surface area contributed by atoms with Crippen molar-refractivity contribution in [1.29, 1.82) is 0 Å². The van der Waals surface area contributed by atoms with Crippen LogP contribution in [0.2, 0.25) is 10.0 Å². The molecule has 0 aliphatic carbocycles. The first-order chi connectivity index (χ1) is 12.4. The summed E-state index contributed by atoms with van der Waals surface area (Å²) in [5, 5.41) is 3.89. The fraction of sp³-hybridized carbons (Fsp3) is 0.350. The molecule has 1 N–H and O–H groups in total. The molecular formula is C20H23Cl2N3O. The Morgan fingerprint density at radius 2 is 1.69 bits per heavy atom. The van der Waals surface area contributed by atoms with Crippen LogP contribution in [-0.2, 0) is 4.79 Å². The lowest BCUT2D eigenvalue weighted by atomic mass is 10.1. The Morgan fingerprint density at radius 3 is 2.35 bits per heavy atom. The molecule has 1 saturated heterocycles. The molecule has 4 nitrogen and oxygen atoms in total. The smallest absolute Gasteiger partial charge is 0.238 e. The zero-order chi connectivity index (χ0) is 18.7. The number of para-hydroxylation sites is 1. The van der Waals surface area contributed by atoms with Crippen LogP contribution in [0.25, 0.3) is 0 Å². The summed E-state index contributed by atoms with van der Waals surface area (Å²) in [5.41, 5.74) is 4.47. The van der Waals surface area contributed by atoms with E-state index in [-0.39, 0.29) is 5.91 Å². The molecule has 0 saturated carbocycles. The predicted molar refractivity (Wildman–Crippen MR) is 110 cm³/mol. The van der Waals surface area contributed by atoms with Gasteiger partial charge in [-0.1, -0.05) is 41.4 Å². The second-order valence-electron chi connectivity index (χ2n) is 6.68. The van der Waals surface area contributed by atoms with Crippen molar-refractivity contribution in [3.05, 3.63) is 57.6 Å². The molecule has 1 aliphatic heterocycles. The van der Waals surface area contributed by atoms with E-state index in [4.69, 9.17) is 23.2 Å². The lowest BCUT2D eigenvalue weighted by Crippen LogP contribution is -2.49. The molecule has 1 amide bonds. The van der Waals surface area contributed by atoms with Gasteiger partial charge in [-0.25, -0.2) is 0 Å². The highest BCUT2D eigenvalue weighted by Crippen LogP contribution is 2.26. The molecule has 6 heteroatoms. The fourth-order valence-electron chi connectivity index (χ4n) is 3.42. The maximum Gasteiger partial charge on any atom is 0.238 e. The van der Waals surface area contributed by atoms with Crippen LogP contribution in [0.3, 0.4) is 0 Å². The Kier molecular flexibility index (Phi) is 6.07. The molecule has 1 aliphatic rings. The van der Waals surface area contributed by atoms with Crippen molar-refractivity contribution in [3.63, 3.8) is 0 Å². The highest BCUT2D eigenvalue weighted by atomic mass is 35.5. The van der Waals surface area contributed by atoms with Gasteiger partial charge in [-0.3, -0.25) is 9.69 Å². The number of halogens is 2. The van der Waals surface area contributed by atoms with E-state index in [1.807, 2.05) is 0 Å². The largest absolute Gasteiger partial charge is 0.369 e. The quantitative estimate of drug-likeness (QED) is 0.839. The molecule has 1 heterocycles. The lowest BCUT2D eigenvalue weighted by molar-refractivity contribution is -0.117. The number of rotatable bonds is 4. The van der Waals surface area contributed by atoms with Crippen LogP contribution in [0.1, 0.15) is 11.1 Å². The number of carbonyl (C=O) groups is 1. The first-order valence-electron chi connectivity index (χ1n) is 8.72. The van der Waals surface area contributed by atoms with Crippen LogP contribution >= 0.6 is 23.2 Å². The highest BCUT2D eigenvalue weighted by Gasteiger charge is 2.21. The van der Waals surface area contributed by atoms with Gasteiger partial charge in [0, 0.05) is 36.9 Å². The third kappa shape index (κ3) is 4.50. The van der Waals surface area contributed by atoms with E-state index in [1.165, 1.54) is 16.8 Å². The summed E-state index contributed by atoms with van der Waals surface area (Å²) in [6.07, 6.45) is 0.